The van der Waals surface area contributed by atoms with Crippen LogP contribution in [0, 0.1) is 5.92 Å². The van der Waals surface area contributed by atoms with Crippen molar-refractivity contribution in [3.8, 4) is 17.1 Å². The molecule has 0 spiro atoms. The molecule has 0 unspecified atom stereocenters. The zero-order valence-electron chi connectivity index (χ0n) is 18.0. The Morgan fingerprint density at radius 1 is 1.10 bits per heavy atom. The number of rotatable bonds is 6. The Labute approximate surface area is 183 Å². The Balaban J connectivity index is 1.54. The lowest BCUT2D eigenvalue weighted by molar-refractivity contribution is -0.130. The maximum atomic E-state index is 12.8. The molecule has 7 heteroatoms. The Morgan fingerprint density at radius 3 is 2.57 bits per heavy atom. The Bertz CT molecular complexity index is 845. The summed E-state index contributed by atoms with van der Waals surface area (Å²) in [5.41, 5.74) is 1.04. The van der Waals surface area contributed by atoms with Gasteiger partial charge in [0.05, 0.1) is 12.9 Å². The van der Waals surface area contributed by atoms with Crippen LogP contribution in [-0.4, -0.2) is 51.5 Å². The molecule has 1 aliphatic heterocycles. The van der Waals surface area contributed by atoms with Crippen LogP contribution in [0.15, 0.2) is 29.4 Å². The van der Waals surface area contributed by atoms with Crippen LogP contribution >= 0.6 is 11.8 Å². The summed E-state index contributed by atoms with van der Waals surface area (Å²) in [6.07, 6.45) is 8.39. The summed E-state index contributed by atoms with van der Waals surface area (Å²) in [6.45, 7) is 4.00. The zero-order valence-corrected chi connectivity index (χ0v) is 18.9. The van der Waals surface area contributed by atoms with Crippen molar-refractivity contribution < 1.29 is 9.53 Å². The molecule has 162 valence electrons. The fraction of sp³-hybridized carbons (Fsp3) is 0.609. The molecule has 0 radical (unpaired) electrons. The summed E-state index contributed by atoms with van der Waals surface area (Å²) in [5, 5.41) is 9.93. The third-order valence-electron chi connectivity index (χ3n) is 6.29. The van der Waals surface area contributed by atoms with Crippen LogP contribution in [0.4, 0.5) is 0 Å². The minimum Gasteiger partial charge on any atom is -0.497 e. The average Bonchev–Trinajstić information content (AvgIpc) is 3.22. The first-order chi connectivity index (χ1) is 14.7. The van der Waals surface area contributed by atoms with E-state index < -0.39 is 0 Å². The van der Waals surface area contributed by atoms with E-state index >= 15 is 0 Å². The molecular weight excluding hydrogens is 396 g/mol. The van der Waals surface area contributed by atoms with Gasteiger partial charge in [0.25, 0.3) is 0 Å². The van der Waals surface area contributed by atoms with Gasteiger partial charge in [0.1, 0.15) is 5.75 Å². The van der Waals surface area contributed by atoms with Crippen LogP contribution < -0.4 is 4.74 Å². The number of hydrogen-bond donors (Lipinski definition) is 0. The van der Waals surface area contributed by atoms with E-state index in [0.717, 1.165) is 54.6 Å². The number of nitrogens with zero attached hydrogens (tertiary/aromatic N) is 4. The zero-order chi connectivity index (χ0) is 20.9. The fourth-order valence-corrected chi connectivity index (χ4v) is 5.52. The van der Waals surface area contributed by atoms with Gasteiger partial charge in [-0.25, -0.2) is 0 Å². The summed E-state index contributed by atoms with van der Waals surface area (Å²) in [5.74, 6) is 2.97. The minimum atomic E-state index is 0.218. The van der Waals surface area contributed by atoms with Gasteiger partial charge in [-0.2, -0.15) is 0 Å². The fourth-order valence-electron chi connectivity index (χ4n) is 4.61. The van der Waals surface area contributed by atoms with Crippen LogP contribution in [0.1, 0.15) is 57.9 Å². The Hall–Kier alpha value is -2.02. The predicted octanol–water partition coefficient (Wildman–Crippen LogP) is 4.81. The number of piperidine rings is 1. The molecule has 4 rings (SSSR count). The highest BCUT2D eigenvalue weighted by atomic mass is 32.2. The number of likely N-dealkylation sites (tertiary alicyclic amines) is 1. The molecule has 1 aliphatic carbocycles. The number of methoxy groups -OCH3 is 1. The van der Waals surface area contributed by atoms with E-state index in [-0.39, 0.29) is 5.91 Å². The van der Waals surface area contributed by atoms with Gasteiger partial charge in [0, 0.05) is 24.7 Å². The van der Waals surface area contributed by atoms with E-state index in [9.17, 15) is 4.79 Å². The highest BCUT2D eigenvalue weighted by Crippen LogP contribution is 2.36. The average molecular weight is 429 g/mol. The quantitative estimate of drug-likeness (QED) is 0.618. The number of aromatic nitrogens is 3. The number of hydrogen-bond acceptors (Lipinski definition) is 5. The number of carbonyl (C=O) groups excluding carboxylic acids is 1. The number of thioether (sulfide) groups is 1. The molecule has 1 saturated heterocycles. The van der Waals surface area contributed by atoms with Gasteiger partial charge in [-0.15, -0.1) is 10.2 Å². The van der Waals surface area contributed by atoms with Gasteiger partial charge in [0.15, 0.2) is 11.0 Å². The second-order valence-corrected chi connectivity index (χ2v) is 9.51. The van der Waals surface area contributed by atoms with Gasteiger partial charge >= 0.3 is 0 Å². The molecule has 1 saturated carbocycles. The molecule has 1 aromatic heterocycles. The van der Waals surface area contributed by atoms with Gasteiger partial charge in [-0.1, -0.05) is 37.9 Å². The second-order valence-electron chi connectivity index (χ2n) is 8.57. The standard InChI is InChI=1S/C23H32N4O2S/c1-17-7-6-14-26(15-17)21(28)16-30-23-25-24-22(18-10-12-20(29-2)13-11-18)27(23)19-8-4-3-5-9-19/h10-13,17,19H,3-9,14-16H2,1-2H3/t17-/m1/s1. The molecule has 0 bridgehead atoms. The Kier molecular flexibility index (Phi) is 6.97. The van der Waals surface area contributed by atoms with Crippen molar-refractivity contribution in [3.05, 3.63) is 24.3 Å². The lowest BCUT2D eigenvalue weighted by Gasteiger charge is -2.31. The van der Waals surface area contributed by atoms with Crippen molar-refractivity contribution in [2.45, 2.75) is 63.1 Å². The molecular formula is C23H32N4O2S. The molecule has 2 heterocycles. The minimum absolute atomic E-state index is 0.218. The molecule has 6 nitrogen and oxygen atoms in total. The predicted molar refractivity (Wildman–Crippen MR) is 120 cm³/mol. The maximum absolute atomic E-state index is 12.8. The highest BCUT2D eigenvalue weighted by Gasteiger charge is 2.26. The van der Waals surface area contributed by atoms with Crippen LogP contribution in [0.3, 0.4) is 0 Å². The van der Waals surface area contributed by atoms with E-state index in [0.29, 0.717) is 17.7 Å². The second kappa shape index (κ2) is 9.86. The number of ether oxygens (including phenoxy) is 1. The van der Waals surface area contributed by atoms with E-state index in [1.54, 1.807) is 18.9 Å². The largest absolute Gasteiger partial charge is 0.497 e. The van der Waals surface area contributed by atoms with Crippen LogP contribution in [0.2, 0.25) is 0 Å². The molecule has 1 amide bonds. The monoisotopic (exact) mass is 428 g/mol. The summed E-state index contributed by atoms with van der Waals surface area (Å²) in [4.78, 5) is 14.8. The van der Waals surface area contributed by atoms with Crippen LogP contribution in [-0.2, 0) is 4.79 Å². The first-order valence-corrected chi connectivity index (χ1v) is 12.1. The van der Waals surface area contributed by atoms with E-state index in [4.69, 9.17) is 4.74 Å². The number of benzene rings is 1. The summed E-state index contributed by atoms with van der Waals surface area (Å²) >= 11 is 1.54. The molecule has 2 aliphatic rings. The van der Waals surface area contributed by atoms with E-state index in [2.05, 4.69) is 21.7 Å². The van der Waals surface area contributed by atoms with Crippen LogP contribution in [0.5, 0.6) is 5.75 Å². The smallest absolute Gasteiger partial charge is 0.233 e. The molecule has 1 atom stereocenters. The van der Waals surface area contributed by atoms with Crippen molar-refractivity contribution in [2.24, 2.45) is 5.92 Å². The summed E-state index contributed by atoms with van der Waals surface area (Å²) < 4.78 is 7.59. The van der Waals surface area contributed by atoms with Crippen LogP contribution in [0.25, 0.3) is 11.4 Å². The van der Waals surface area contributed by atoms with Crippen molar-refractivity contribution in [2.75, 3.05) is 26.0 Å². The maximum Gasteiger partial charge on any atom is 0.233 e. The normalized spacial score (nSPS) is 20.3. The molecule has 1 aromatic carbocycles. The van der Waals surface area contributed by atoms with E-state index in [1.807, 2.05) is 29.2 Å². The summed E-state index contributed by atoms with van der Waals surface area (Å²) in [6, 6.07) is 8.40. The van der Waals surface area contributed by atoms with E-state index in [1.165, 1.54) is 25.7 Å². The third kappa shape index (κ3) is 4.82. The van der Waals surface area contributed by atoms with Crippen molar-refractivity contribution in [1.82, 2.24) is 19.7 Å². The summed E-state index contributed by atoms with van der Waals surface area (Å²) in [7, 11) is 1.67. The number of carbonyl (C=O) groups is 1. The SMILES string of the molecule is COc1ccc(-c2nnc(SCC(=O)N3CCC[C@@H](C)C3)n2C2CCCCC2)cc1. The molecule has 2 fully saturated rings. The Morgan fingerprint density at radius 2 is 1.87 bits per heavy atom. The first kappa shape index (κ1) is 21.2. The van der Waals surface area contributed by atoms with Gasteiger partial charge in [-0.3, -0.25) is 9.36 Å². The topological polar surface area (TPSA) is 60.3 Å². The first-order valence-electron chi connectivity index (χ1n) is 11.2. The van der Waals surface area contributed by atoms with Gasteiger partial charge in [-0.05, 0) is 55.9 Å². The molecule has 0 N–H and O–H groups in total. The van der Waals surface area contributed by atoms with Crippen molar-refractivity contribution in [1.29, 1.82) is 0 Å². The lowest BCUT2D eigenvalue weighted by Crippen LogP contribution is -2.40. The number of amides is 1. The molecule has 2 aromatic rings. The lowest BCUT2D eigenvalue weighted by atomic mass is 9.95. The third-order valence-corrected chi connectivity index (χ3v) is 7.21. The van der Waals surface area contributed by atoms with Gasteiger partial charge in [0.2, 0.25) is 5.91 Å². The van der Waals surface area contributed by atoms with Crippen molar-refractivity contribution in [3.63, 3.8) is 0 Å². The highest BCUT2D eigenvalue weighted by molar-refractivity contribution is 7.99. The van der Waals surface area contributed by atoms with Gasteiger partial charge < -0.3 is 9.64 Å². The molecule has 30 heavy (non-hydrogen) atoms. The van der Waals surface area contributed by atoms with Crippen molar-refractivity contribution >= 4 is 17.7 Å².